The van der Waals surface area contributed by atoms with Gasteiger partial charge < -0.3 is 9.64 Å². The Kier molecular flexibility index (Phi) is 5.04. The van der Waals surface area contributed by atoms with Crippen LogP contribution in [0.5, 0.6) is 0 Å². The van der Waals surface area contributed by atoms with E-state index in [-0.39, 0.29) is 12.0 Å². The Morgan fingerprint density at radius 2 is 2.13 bits per heavy atom. The Labute approximate surface area is 146 Å². The smallest absolute Gasteiger partial charge is 0.266 e. The number of thioether (sulfide) groups is 1. The molecule has 2 heterocycles. The van der Waals surface area contributed by atoms with Gasteiger partial charge in [-0.05, 0) is 36.6 Å². The van der Waals surface area contributed by atoms with Crippen LogP contribution in [-0.2, 0) is 9.53 Å². The first-order valence-electron chi connectivity index (χ1n) is 7.69. The van der Waals surface area contributed by atoms with E-state index < -0.39 is 0 Å². The number of thiocarbonyl (C=S) groups is 1. The van der Waals surface area contributed by atoms with Crippen LogP contribution in [0.2, 0.25) is 0 Å². The quantitative estimate of drug-likeness (QED) is 0.617. The summed E-state index contributed by atoms with van der Waals surface area (Å²) in [6, 6.07) is 8.11. The molecule has 0 aromatic heterocycles. The molecule has 0 saturated carbocycles. The third-order valence-electron chi connectivity index (χ3n) is 3.99. The van der Waals surface area contributed by atoms with E-state index in [1.807, 2.05) is 49.3 Å². The lowest BCUT2D eigenvalue weighted by Crippen LogP contribution is -2.35. The minimum atomic E-state index is -0.00724. The average Bonchev–Trinajstić information content (AvgIpc) is 3.12. The highest BCUT2D eigenvalue weighted by Gasteiger charge is 2.34. The van der Waals surface area contributed by atoms with E-state index in [1.165, 1.54) is 11.8 Å². The lowest BCUT2D eigenvalue weighted by atomic mass is 10.2. The van der Waals surface area contributed by atoms with Crippen LogP contribution in [0.3, 0.4) is 0 Å². The minimum absolute atomic E-state index is 0.00724. The molecule has 3 rings (SSSR count). The van der Waals surface area contributed by atoms with Crippen LogP contribution in [0.15, 0.2) is 29.2 Å². The summed E-state index contributed by atoms with van der Waals surface area (Å²) in [6.45, 7) is 1.36. The van der Waals surface area contributed by atoms with Crippen molar-refractivity contribution in [2.75, 3.05) is 32.1 Å². The normalized spacial score (nSPS) is 23.1. The van der Waals surface area contributed by atoms with E-state index in [1.54, 1.807) is 4.90 Å². The maximum Gasteiger partial charge on any atom is 0.266 e. The molecule has 0 aliphatic carbocycles. The molecule has 0 spiro atoms. The maximum absolute atomic E-state index is 12.6. The average molecular weight is 348 g/mol. The summed E-state index contributed by atoms with van der Waals surface area (Å²) < 4.78 is 6.24. The third kappa shape index (κ3) is 3.76. The summed E-state index contributed by atoms with van der Waals surface area (Å²) in [6.07, 6.45) is 4.10. The predicted molar refractivity (Wildman–Crippen MR) is 99.6 cm³/mol. The molecule has 2 fully saturated rings. The Morgan fingerprint density at radius 3 is 2.74 bits per heavy atom. The molecule has 2 saturated heterocycles. The van der Waals surface area contributed by atoms with E-state index in [0.29, 0.717) is 15.8 Å². The molecule has 1 atom stereocenters. The molecule has 2 aliphatic rings. The molecule has 0 radical (unpaired) electrons. The molecule has 2 aliphatic heterocycles. The van der Waals surface area contributed by atoms with Gasteiger partial charge in [-0.1, -0.05) is 36.1 Å². The van der Waals surface area contributed by atoms with E-state index >= 15 is 0 Å². The first kappa shape index (κ1) is 16.5. The highest BCUT2D eigenvalue weighted by Crippen LogP contribution is 2.33. The van der Waals surface area contributed by atoms with Gasteiger partial charge in [-0.3, -0.25) is 9.69 Å². The van der Waals surface area contributed by atoms with Crippen LogP contribution in [0.4, 0.5) is 5.69 Å². The highest BCUT2D eigenvalue weighted by atomic mass is 32.2. The number of carbonyl (C=O) groups excluding carboxylic acids is 1. The molecular formula is C17H20N2O2S2. The number of hydrogen-bond donors (Lipinski definition) is 0. The topological polar surface area (TPSA) is 32.8 Å². The molecule has 6 heteroatoms. The second-order valence-corrected chi connectivity index (χ2v) is 7.59. The number of benzene rings is 1. The Balaban J connectivity index is 1.72. The zero-order valence-corrected chi connectivity index (χ0v) is 15.0. The number of ether oxygens (including phenoxy) is 1. The molecule has 1 amide bonds. The molecule has 1 unspecified atom stereocenters. The van der Waals surface area contributed by atoms with Crippen molar-refractivity contribution in [1.29, 1.82) is 0 Å². The number of anilines is 1. The fourth-order valence-electron chi connectivity index (χ4n) is 2.67. The SMILES string of the molecule is CN(C)c1ccc(C=C2SC(=S)N(CC3CCCO3)C2=O)cc1. The fourth-order valence-corrected chi connectivity index (χ4v) is 3.94. The highest BCUT2D eigenvalue weighted by molar-refractivity contribution is 8.26. The summed E-state index contributed by atoms with van der Waals surface area (Å²) in [5, 5.41) is 0. The van der Waals surface area contributed by atoms with Crippen LogP contribution in [0.25, 0.3) is 6.08 Å². The van der Waals surface area contributed by atoms with Gasteiger partial charge in [0.1, 0.15) is 4.32 Å². The second kappa shape index (κ2) is 7.03. The zero-order chi connectivity index (χ0) is 16.4. The number of amides is 1. The summed E-state index contributed by atoms with van der Waals surface area (Å²) in [4.78, 5) is 17.0. The fraction of sp³-hybridized carbons (Fsp3) is 0.412. The number of hydrogen-bond acceptors (Lipinski definition) is 5. The zero-order valence-electron chi connectivity index (χ0n) is 13.3. The van der Waals surface area contributed by atoms with Crippen molar-refractivity contribution < 1.29 is 9.53 Å². The number of nitrogens with zero attached hydrogens (tertiary/aromatic N) is 2. The van der Waals surface area contributed by atoms with Gasteiger partial charge in [0.05, 0.1) is 17.6 Å². The van der Waals surface area contributed by atoms with E-state index in [9.17, 15) is 4.79 Å². The van der Waals surface area contributed by atoms with Crippen molar-refractivity contribution in [3.8, 4) is 0 Å². The van der Waals surface area contributed by atoms with Gasteiger partial charge in [0, 0.05) is 26.4 Å². The molecule has 1 aromatic carbocycles. The summed E-state index contributed by atoms with van der Waals surface area (Å²) in [7, 11) is 4.01. The Hall–Kier alpha value is -1.37. The van der Waals surface area contributed by atoms with Crippen molar-refractivity contribution in [3.05, 3.63) is 34.7 Å². The van der Waals surface area contributed by atoms with Crippen LogP contribution in [0.1, 0.15) is 18.4 Å². The van der Waals surface area contributed by atoms with E-state index in [2.05, 4.69) is 0 Å². The summed E-state index contributed by atoms with van der Waals surface area (Å²) in [5.74, 6) is -0.00724. The maximum atomic E-state index is 12.6. The lowest BCUT2D eigenvalue weighted by Gasteiger charge is -2.18. The summed E-state index contributed by atoms with van der Waals surface area (Å²) >= 11 is 6.74. The van der Waals surface area contributed by atoms with Crippen LogP contribution in [0, 0.1) is 0 Å². The Morgan fingerprint density at radius 1 is 1.39 bits per heavy atom. The summed E-state index contributed by atoms with van der Waals surface area (Å²) in [5.41, 5.74) is 2.14. The lowest BCUT2D eigenvalue weighted by molar-refractivity contribution is -0.123. The molecule has 4 nitrogen and oxygen atoms in total. The standard InChI is InChI=1S/C17H20N2O2S2/c1-18(2)13-7-5-12(6-8-13)10-15-16(20)19(17(22)23-15)11-14-4-3-9-21-14/h5-8,10,14H,3-4,9,11H2,1-2H3. The van der Waals surface area contributed by atoms with Gasteiger partial charge >= 0.3 is 0 Å². The van der Waals surface area contributed by atoms with E-state index in [0.717, 1.165) is 30.7 Å². The third-order valence-corrected chi connectivity index (χ3v) is 5.37. The van der Waals surface area contributed by atoms with Gasteiger partial charge in [-0.2, -0.15) is 0 Å². The molecule has 122 valence electrons. The van der Waals surface area contributed by atoms with Crippen LogP contribution in [-0.4, -0.2) is 48.5 Å². The van der Waals surface area contributed by atoms with Gasteiger partial charge in [0.25, 0.3) is 5.91 Å². The molecule has 0 bridgehead atoms. The van der Waals surface area contributed by atoms with Crippen molar-refractivity contribution in [2.45, 2.75) is 18.9 Å². The van der Waals surface area contributed by atoms with Gasteiger partial charge in [-0.15, -0.1) is 0 Å². The minimum Gasteiger partial charge on any atom is -0.378 e. The molecule has 0 N–H and O–H groups in total. The van der Waals surface area contributed by atoms with E-state index in [4.69, 9.17) is 17.0 Å². The predicted octanol–water partition coefficient (Wildman–Crippen LogP) is 3.13. The van der Waals surface area contributed by atoms with Crippen LogP contribution >= 0.6 is 24.0 Å². The largest absolute Gasteiger partial charge is 0.378 e. The van der Waals surface area contributed by atoms with Gasteiger partial charge in [0.2, 0.25) is 0 Å². The molecule has 23 heavy (non-hydrogen) atoms. The number of carbonyl (C=O) groups is 1. The molecule has 1 aromatic rings. The van der Waals surface area contributed by atoms with Crippen molar-refractivity contribution in [3.63, 3.8) is 0 Å². The second-order valence-electron chi connectivity index (χ2n) is 5.91. The van der Waals surface area contributed by atoms with Crippen molar-refractivity contribution in [2.24, 2.45) is 0 Å². The van der Waals surface area contributed by atoms with Gasteiger partial charge in [-0.25, -0.2) is 0 Å². The first-order chi connectivity index (χ1) is 11.0. The van der Waals surface area contributed by atoms with Crippen molar-refractivity contribution in [1.82, 2.24) is 4.90 Å². The first-order valence-corrected chi connectivity index (χ1v) is 8.91. The molecular weight excluding hydrogens is 328 g/mol. The number of rotatable bonds is 4. The Bertz CT molecular complexity index is 634. The van der Waals surface area contributed by atoms with Crippen LogP contribution < -0.4 is 4.90 Å². The monoisotopic (exact) mass is 348 g/mol. The van der Waals surface area contributed by atoms with Gasteiger partial charge in [0.15, 0.2) is 0 Å². The van der Waals surface area contributed by atoms with Crippen molar-refractivity contribution >= 4 is 46.0 Å².